The Labute approximate surface area is 160 Å². The van der Waals surface area contributed by atoms with Crippen molar-refractivity contribution in [1.29, 1.82) is 0 Å². The second kappa shape index (κ2) is 11.3. The molecule has 152 valence electrons. The second-order valence-corrected chi connectivity index (χ2v) is 6.90. The van der Waals surface area contributed by atoms with Crippen molar-refractivity contribution in [2.45, 2.75) is 52.4 Å². The van der Waals surface area contributed by atoms with Crippen LogP contribution in [0.2, 0.25) is 0 Å². The summed E-state index contributed by atoms with van der Waals surface area (Å²) in [5, 5.41) is 9.93. The van der Waals surface area contributed by atoms with Crippen molar-refractivity contribution in [2.24, 2.45) is 5.92 Å². The maximum absolute atomic E-state index is 12.5. The Kier molecular flexibility index (Phi) is 9.41. The van der Waals surface area contributed by atoms with Crippen molar-refractivity contribution in [3.05, 3.63) is 5.82 Å². The monoisotopic (exact) mass is 381 g/mol. The summed E-state index contributed by atoms with van der Waals surface area (Å²) in [6, 6.07) is 0. The van der Waals surface area contributed by atoms with Gasteiger partial charge in [0.15, 0.2) is 0 Å². The molecule has 1 aromatic heterocycles. The summed E-state index contributed by atoms with van der Waals surface area (Å²) in [7, 11) is 3.64. The first kappa shape index (κ1) is 22.6. The third-order valence-corrected chi connectivity index (χ3v) is 3.91. The van der Waals surface area contributed by atoms with Crippen molar-refractivity contribution in [3.8, 4) is 0 Å². The van der Waals surface area contributed by atoms with Gasteiger partial charge < -0.3 is 4.90 Å². The number of aromatic nitrogens is 3. The number of hydrogen-bond acceptors (Lipinski definition) is 8. The second-order valence-electron chi connectivity index (χ2n) is 6.90. The zero-order valence-electron chi connectivity index (χ0n) is 16.8. The highest BCUT2D eigenvalue weighted by Gasteiger charge is 2.21. The van der Waals surface area contributed by atoms with Crippen LogP contribution >= 0.6 is 0 Å². The van der Waals surface area contributed by atoms with Crippen molar-refractivity contribution in [3.63, 3.8) is 0 Å². The number of carbonyl (C=O) groups is 2. The van der Waals surface area contributed by atoms with E-state index in [1.807, 2.05) is 27.9 Å². The molecular weight excluding hydrogens is 350 g/mol. The number of hydroxylamine groups is 2. The number of anilines is 2. The quantitative estimate of drug-likeness (QED) is 0.216. The highest BCUT2D eigenvalue weighted by atomic mass is 16.5. The maximum atomic E-state index is 12.5. The Balaban J connectivity index is 2.82. The lowest BCUT2D eigenvalue weighted by Gasteiger charge is -2.20. The van der Waals surface area contributed by atoms with E-state index in [9.17, 15) is 14.8 Å². The van der Waals surface area contributed by atoms with Crippen LogP contribution in [0.25, 0.3) is 0 Å². The maximum Gasteiger partial charge on any atom is 0.246 e. The Morgan fingerprint density at radius 3 is 2.48 bits per heavy atom. The molecule has 0 bridgehead atoms. The van der Waals surface area contributed by atoms with Gasteiger partial charge in [-0.25, -0.2) is 5.06 Å². The van der Waals surface area contributed by atoms with E-state index in [0.29, 0.717) is 23.3 Å². The van der Waals surface area contributed by atoms with Crippen LogP contribution in [0.3, 0.4) is 0 Å². The van der Waals surface area contributed by atoms with Crippen molar-refractivity contribution in [2.75, 3.05) is 31.0 Å². The predicted molar refractivity (Wildman–Crippen MR) is 102 cm³/mol. The van der Waals surface area contributed by atoms with Crippen LogP contribution in [0.5, 0.6) is 0 Å². The zero-order valence-corrected chi connectivity index (χ0v) is 16.8. The third-order valence-electron chi connectivity index (χ3n) is 3.91. The van der Waals surface area contributed by atoms with Gasteiger partial charge in [0, 0.05) is 20.0 Å². The SMILES string of the molecule is CCCCC[C@@H](CN(O)C=O)C(=O)NNc1nc(C(C)C)nc(N(C)C)n1. The fourth-order valence-electron chi connectivity index (χ4n) is 2.33. The smallest absolute Gasteiger partial charge is 0.246 e. The van der Waals surface area contributed by atoms with Crippen LogP contribution in [0.1, 0.15) is 58.2 Å². The molecule has 0 aliphatic heterocycles. The van der Waals surface area contributed by atoms with E-state index in [1.165, 1.54) is 0 Å². The highest BCUT2D eigenvalue weighted by Crippen LogP contribution is 2.15. The summed E-state index contributed by atoms with van der Waals surface area (Å²) in [5.74, 6) is 0.526. The van der Waals surface area contributed by atoms with E-state index in [-0.39, 0.29) is 30.7 Å². The van der Waals surface area contributed by atoms with E-state index in [1.54, 1.807) is 4.90 Å². The topological polar surface area (TPSA) is 124 Å². The molecule has 2 amide bonds. The molecule has 3 N–H and O–H groups in total. The molecule has 0 aliphatic carbocycles. The van der Waals surface area contributed by atoms with Crippen LogP contribution in [0.15, 0.2) is 0 Å². The van der Waals surface area contributed by atoms with Crippen molar-refractivity contribution < 1.29 is 14.8 Å². The van der Waals surface area contributed by atoms with Gasteiger partial charge in [-0.05, 0) is 6.42 Å². The summed E-state index contributed by atoms with van der Waals surface area (Å²) in [4.78, 5) is 37.9. The number of unbranched alkanes of at least 4 members (excludes halogenated alkanes) is 2. The molecule has 0 saturated carbocycles. The first-order chi connectivity index (χ1) is 12.8. The molecule has 0 unspecified atom stereocenters. The van der Waals surface area contributed by atoms with Gasteiger partial charge in [0.1, 0.15) is 5.82 Å². The van der Waals surface area contributed by atoms with Crippen LogP contribution < -0.4 is 15.8 Å². The van der Waals surface area contributed by atoms with Gasteiger partial charge >= 0.3 is 0 Å². The molecule has 0 fully saturated rings. The van der Waals surface area contributed by atoms with Crippen molar-refractivity contribution in [1.82, 2.24) is 25.4 Å². The molecular formula is C17H31N7O3. The lowest BCUT2D eigenvalue weighted by Crippen LogP contribution is -2.40. The van der Waals surface area contributed by atoms with Gasteiger partial charge in [0.25, 0.3) is 0 Å². The Morgan fingerprint density at radius 1 is 1.22 bits per heavy atom. The number of rotatable bonds is 12. The Hall–Kier alpha value is -2.49. The third kappa shape index (κ3) is 7.73. The summed E-state index contributed by atoms with van der Waals surface area (Å²) >= 11 is 0. The molecule has 10 nitrogen and oxygen atoms in total. The number of nitrogens with one attached hydrogen (secondary N) is 2. The standard InChI is InChI=1S/C17H31N7O3/c1-6-7-8-9-13(10-24(27)11-25)15(26)21-22-16-18-14(12(2)3)19-17(20-16)23(4)5/h11-13,27H,6-10H2,1-5H3,(H,21,26)(H,18,19,20,22)/t13-/m0/s1. The zero-order chi connectivity index (χ0) is 20.4. The number of amides is 2. The van der Waals surface area contributed by atoms with Crippen LogP contribution in [0.4, 0.5) is 11.9 Å². The molecule has 10 heteroatoms. The largest absolute Gasteiger partial charge is 0.347 e. The van der Waals surface area contributed by atoms with E-state index in [2.05, 4.69) is 32.7 Å². The number of nitrogens with zero attached hydrogens (tertiary/aromatic N) is 5. The van der Waals surface area contributed by atoms with Crippen molar-refractivity contribution >= 4 is 24.2 Å². The van der Waals surface area contributed by atoms with E-state index in [0.717, 1.165) is 19.3 Å². The first-order valence-corrected chi connectivity index (χ1v) is 9.18. The van der Waals surface area contributed by atoms with Crippen LogP contribution in [-0.2, 0) is 9.59 Å². The molecule has 0 radical (unpaired) electrons. The van der Waals surface area contributed by atoms with Gasteiger partial charge in [0.05, 0.1) is 12.5 Å². The molecule has 1 aromatic rings. The minimum Gasteiger partial charge on any atom is -0.347 e. The molecule has 1 atom stereocenters. The molecule has 1 rings (SSSR count). The molecule has 1 heterocycles. The average Bonchev–Trinajstić information content (AvgIpc) is 2.64. The Bertz CT molecular complexity index is 584. The van der Waals surface area contributed by atoms with E-state index < -0.39 is 5.92 Å². The Morgan fingerprint density at radius 2 is 1.93 bits per heavy atom. The fraction of sp³-hybridized carbons (Fsp3) is 0.706. The predicted octanol–water partition coefficient (Wildman–Crippen LogP) is 1.55. The normalized spacial score (nSPS) is 11.8. The minimum absolute atomic E-state index is 0.0713. The summed E-state index contributed by atoms with van der Waals surface area (Å²) in [6.07, 6.45) is 3.66. The van der Waals surface area contributed by atoms with Crippen LogP contribution in [0, 0.1) is 5.92 Å². The average molecular weight is 381 g/mol. The molecule has 0 aromatic carbocycles. The minimum atomic E-state index is -0.543. The highest BCUT2D eigenvalue weighted by molar-refractivity contribution is 5.80. The van der Waals surface area contributed by atoms with Gasteiger partial charge in [-0.3, -0.25) is 25.6 Å². The fourth-order valence-corrected chi connectivity index (χ4v) is 2.33. The summed E-state index contributed by atoms with van der Waals surface area (Å²) < 4.78 is 0. The van der Waals surface area contributed by atoms with E-state index in [4.69, 9.17) is 0 Å². The summed E-state index contributed by atoms with van der Waals surface area (Å²) in [5.41, 5.74) is 5.29. The van der Waals surface area contributed by atoms with Gasteiger partial charge in [-0.2, -0.15) is 15.0 Å². The molecule has 0 spiro atoms. The molecule has 0 saturated heterocycles. The molecule has 0 aliphatic rings. The van der Waals surface area contributed by atoms with E-state index >= 15 is 0 Å². The summed E-state index contributed by atoms with van der Waals surface area (Å²) in [6.45, 7) is 5.93. The number of carbonyl (C=O) groups excluding carboxylic acids is 2. The lowest BCUT2D eigenvalue weighted by atomic mass is 10.0. The molecule has 27 heavy (non-hydrogen) atoms. The lowest BCUT2D eigenvalue weighted by molar-refractivity contribution is -0.154. The van der Waals surface area contributed by atoms with Gasteiger partial charge in [-0.15, -0.1) is 0 Å². The number of hydrazine groups is 1. The van der Waals surface area contributed by atoms with Crippen LogP contribution in [-0.4, -0.2) is 58.2 Å². The first-order valence-electron chi connectivity index (χ1n) is 9.18. The van der Waals surface area contributed by atoms with Gasteiger partial charge in [-0.1, -0.05) is 40.0 Å². The number of hydrogen-bond donors (Lipinski definition) is 3. The van der Waals surface area contributed by atoms with Gasteiger partial charge in [0.2, 0.25) is 24.2 Å².